The van der Waals surface area contributed by atoms with Gasteiger partial charge in [0.2, 0.25) is 5.91 Å². The summed E-state index contributed by atoms with van der Waals surface area (Å²) < 4.78 is 0. The van der Waals surface area contributed by atoms with Gasteiger partial charge >= 0.3 is 0 Å². The van der Waals surface area contributed by atoms with Crippen LogP contribution in [0.3, 0.4) is 0 Å². The van der Waals surface area contributed by atoms with Gasteiger partial charge in [-0.3, -0.25) is 9.78 Å². The second-order valence-corrected chi connectivity index (χ2v) is 5.44. The highest BCUT2D eigenvalue weighted by atomic mass is 16.1. The number of amides is 1. The van der Waals surface area contributed by atoms with E-state index < -0.39 is 0 Å². The Bertz CT molecular complexity index is 622. The van der Waals surface area contributed by atoms with Crippen LogP contribution in [0.2, 0.25) is 0 Å². The molecule has 0 aliphatic heterocycles. The highest BCUT2D eigenvalue weighted by molar-refractivity contribution is 5.92. The van der Waals surface area contributed by atoms with Gasteiger partial charge in [-0.15, -0.1) is 0 Å². The molecule has 4 nitrogen and oxygen atoms in total. The van der Waals surface area contributed by atoms with Gasteiger partial charge in [0.15, 0.2) is 0 Å². The molecule has 0 saturated carbocycles. The molecule has 2 aromatic rings. The van der Waals surface area contributed by atoms with E-state index in [4.69, 9.17) is 0 Å². The van der Waals surface area contributed by atoms with Crippen molar-refractivity contribution in [2.24, 2.45) is 0 Å². The van der Waals surface area contributed by atoms with Crippen LogP contribution in [0, 0.1) is 6.92 Å². The third kappa shape index (κ3) is 4.40. The first-order valence-corrected chi connectivity index (χ1v) is 7.63. The number of pyridine rings is 1. The van der Waals surface area contributed by atoms with Gasteiger partial charge in [0, 0.05) is 24.1 Å². The largest absolute Gasteiger partial charge is 0.325 e. The number of anilines is 1. The minimum absolute atomic E-state index is 0.0391. The van der Waals surface area contributed by atoms with Crippen molar-refractivity contribution in [3.8, 4) is 0 Å². The van der Waals surface area contributed by atoms with Crippen molar-refractivity contribution in [3.63, 3.8) is 0 Å². The number of rotatable bonds is 6. The molecule has 0 spiro atoms. The third-order valence-corrected chi connectivity index (χ3v) is 3.69. The van der Waals surface area contributed by atoms with E-state index in [9.17, 15) is 4.79 Å². The van der Waals surface area contributed by atoms with Gasteiger partial charge in [0.05, 0.1) is 6.54 Å². The van der Waals surface area contributed by atoms with Crippen molar-refractivity contribution in [1.29, 1.82) is 0 Å². The Balaban J connectivity index is 1.89. The summed E-state index contributed by atoms with van der Waals surface area (Å²) in [7, 11) is 0. The van der Waals surface area contributed by atoms with Crippen LogP contribution in [-0.4, -0.2) is 17.4 Å². The molecule has 2 N–H and O–H groups in total. The molecule has 0 radical (unpaired) electrons. The van der Waals surface area contributed by atoms with Crippen LogP contribution in [-0.2, 0) is 11.2 Å². The van der Waals surface area contributed by atoms with Gasteiger partial charge in [-0.05, 0) is 49.6 Å². The first kappa shape index (κ1) is 16.2. The maximum atomic E-state index is 12.0. The van der Waals surface area contributed by atoms with E-state index in [1.807, 2.05) is 43.5 Å². The number of carbonyl (C=O) groups is 1. The Morgan fingerprint density at radius 2 is 1.95 bits per heavy atom. The SMILES string of the molecule is CCc1cnccc1C(C)NCC(=O)Nc1ccc(C)cc1. The highest BCUT2D eigenvalue weighted by Gasteiger charge is 2.11. The zero-order chi connectivity index (χ0) is 15.9. The minimum atomic E-state index is -0.0391. The molecule has 2 rings (SSSR count). The molecule has 0 aliphatic rings. The molecule has 116 valence electrons. The van der Waals surface area contributed by atoms with Gasteiger partial charge in [-0.25, -0.2) is 0 Å². The van der Waals surface area contributed by atoms with Crippen molar-refractivity contribution in [2.75, 3.05) is 11.9 Å². The molecular weight excluding hydrogens is 274 g/mol. The fourth-order valence-corrected chi connectivity index (χ4v) is 2.35. The van der Waals surface area contributed by atoms with Gasteiger partial charge in [0.25, 0.3) is 0 Å². The minimum Gasteiger partial charge on any atom is -0.325 e. The van der Waals surface area contributed by atoms with E-state index in [-0.39, 0.29) is 18.5 Å². The number of benzene rings is 1. The first-order valence-electron chi connectivity index (χ1n) is 7.63. The van der Waals surface area contributed by atoms with Crippen LogP contribution in [0.25, 0.3) is 0 Å². The number of aryl methyl sites for hydroxylation is 2. The second-order valence-electron chi connectivity index (χ2n) is 5.44. The van der Waals surface area contributed by atoms with Crippen LogP contribution in [0.15, 0.2) is 42.7 Å². The fourth-order valence-electron chi connectivity index (χ4n) is 2.35. The van der Waals surface area contributed by atoms with E-state index >= 15 is 0 Å². The van der Waals surface area contributed by atoms with Crippen LogP contribution < -0.4 is 10.6 Å². The van der Waals surface area contributed by atoms with Gasteiger partial charge in [-0.1, -0.05) is 24.6 Å². The lowest BCUT2D eigenvalue weighted by atomic mass is 10.0. The maximum Gasteiger partial charge on any atom is 0.238 e. The zero-order valence-electron chi connectivity index (χ0n) is 13.4. The summed E-state index contributed by atoms with van der Waals surface area (Å²) in [5, 5.41) is 6.16. The van der Waals surface area contributed by atoms with Crippen molar-refractivity contribution < 1.29 is 4.79 Å². The summed E-state index contributed by atoms with van der Waals surface area (Å²) in [6.07, 6.45) is 4.61. The molecule has 1 aromatic carbocycles. The van der Waals surface area contributed by atoms with E-state index in [1.54, 1.807) is 6.20 Å². The van der Waals surface area contributed by atoms with E-state index in [0.717, 1.165) is 12.1 Å². The molecule has 0 fully saturated rings. The monoisotopic (exact) mass is 297 g/mol. The zero-order valence-corrected chi connectivity index (χ0v) is 13.4. The predicted molar refractivity (Wildman–Crippen MR) is 89.8 cm³/mol. The smallest absolute Gasteiger partial charge is 0.238 e. The number of carbonyl (C=O) groups excluding carboxylic acids is 1. The predicted octanol–water partition coefficient (Wildman–Crippen LogP) is 3.24. The average Bonchev–Trinajstić information content (AvgIpc) is 2.54. The molecule has 1 heterocycles. The van der Waals surface area contributed by atoms with Crippen molar-refractivity contribution in [1.82, 2.24) is 10.3 Å². The number of aromatic nitrogens is 1. The Morgan fingerprint density at radius 3 is 2.64 bits per heavy atom. The van der Waals surface area contributed by atoms with E-state index in [2.05, 4.69) is 29.5 Å². The van der Waals surface area contributed by atoms with Crippen LogP contribution in [0.4, 0.5) is 5.69 Å². The lowest BCUT2D eigenvalue weighted by molar-refractivity contribution is -0.115. The number of hydrogen-bond donors (Lipinski definition) is 2. The molecule has 0 saturated heterocycles. The van der Waals surface area contributed by atoms with E-state index in [0.29, 0.717) is 0 Å². The molecule has 22 heavy (non-hydrogen) atoms. The standard InChI is InChI=1S/C18H23N3O/c1-4-15-11-19-10-9-17(15)14(3)20-12-18(22)21-16-7-5-13(2)6-8-16/h5-11,14,20H,4,12H2,1-3H3,(H,21,22). The van der Waals surface area contributed by atoms with Crippen LogP contribution in [0.5, 0.6) is 0 Å². The summed E-state index contributed by atoms with van der Waals surface area (Å²) in [6, 6.07) is 9.91. The summed E-state index contributed by atoms with van der Waals surface area (Å²) in [4.78, 5) is 16.2. The van der Waals surface area contributed by atoms with Gasteiger partial charge in [-0.2, -0.15) is 0 Å². The van der Waals surface area contributed by atoms with E-state index in [1.165, 1.54) is 16.7 Å². The summed E-state index contributed by atoms with van der Waals surface area (Å²) in [5.41, 5.74) is 4.40. The Morgan fingerprint density at radius 1 is 1.23 bits per heavy atom. The lowest BCUT2D eigenvalue weighted by Crippen LogP contribution is -2.30. The van der Waals surface area contributed by atoms with Gasteiger partial charge in [0.1, 0.15) is 0 Å². The van der Waals surface area contributed by atoms with Crippen LogP contribution in [0.1, 0.15) is 36.6 Å². The molecule has 0 aliphatic carbocycles. The van der Waals surface area contributed by atoms with Crippen molar-refractivity contribution in [3.05, 3.63) is 59.4 Å². The molecule has 0 bridgehead atoms. The summed E-state index contributed by atoms with van der Waals surface area (Å²) >= 11 is 0. The Kier molecular flexibility index (Phi) is 5.67. The molecule has 1 aromatic heterocycles. The highest BCUT2D eigenvalue weighted by Crippen LogP contribution is 2.17. The normalized spacial score (nSPS) is 12.0. The third-order valence-electron chi connectivity index (χ3n) is 3.69. The topological polar surface area (TPSA) is 54.0 Å². The summed E-state index contributed by atoms with van der Waals surface area (Å²) in [6.45, 7) is 6.47. The Labute approximate surface area is 132 Å². The maximum absolute atomic E-state index is 12.0. The number of nitrogens with one attached hydrogen (secondary N) is 2. The molecule has 1 unspecified atom stereocenters. The summed E-state index contributed by atoms with van der Waals surface area (Å²) in [5.74, 6) is -0.0391. The van der Waals surface area contributed by atoms with Gasteiger partial charge < -0.3 is 10.6 Å². The first-order chi connectivity index (χ1) is 10.6. The lowest BCUT2D eigenvalue weighted by Gasteiger charge is -2.17. The van der Waals surface area contributed by atoms with Crippen LogP contribution >= 0.6 is 0 Å². The number of nitrogens with zero attached hydrogens (tertiary/aromatic N) is 1. The second kappa shape index (κ2) is 7.71. The molecular formula is C18H23N3O. The quantitative estimate of drug-likeness (QED) is 0.860. The molecule has 1 amide bonds. The Hall–Kier alpha value is -2.20. The average molecular weight is 297 g/mol. The molecule has 4 heteroatoms. The van der Waals surface area contributed by atoms with Crippen molar-refractivity contribution >= 4 is 11.6 Å². The fraction of sp³-hybridized carbons (Fsp3) is 0.333. The van der Waals surface area contributed by atoms with Crippen molar-refractivity contribution in [2.45, 2.75) is 33.2 Å². The molecule has 1 atom stereocenters. The number of hydrogen-bond acceptors (Lipinski definition) is 3.